The maximum absolute atomic E-state index is 12.6. The minimum Gasteiger partial charge on any atom is -0.350 e. The first-order valence-electron chi connectivity index (χ1n) is 8.65. The smallest absolute Gasteiger partial charge is 0.290 e. The van der Waals surface area contributed by atoms with Crippen LogP contribution < -0.4 is 11.1 Å². The Kier molecular flexibility index (Phi) is 4.06. The van der Waals surface area contributed by atoms with Crippen LogP contribution in [0.2, 0.25) is 0 Å². The number of amides is 1. The Labute approximate surface area is 140 Å². The average Bonchev–Trinajstić information content (AvgIpc) is 3.07. The van der Waals surface area contributed by atoms with Crippen LogP contribution in [-0.2, 0) is 0 Å². The lowest BCUT2D eigenvalue weighted by molar-refractivity contribution is 0.0725. The lowest BCUT2D eigenvalue weighted by atomic mass is 9.67. The average molecular weight is 326 g/mol. The number of nitrogens with one attached hydrogen (secondary N) is 1. The largest absolute Gasteiger partial charge is 0.350 e. The topological polar surface area (TPSA) is 94.0 Å². The molecule has 2 atom stereocenters. The summed E-state index contributed by atoms with van der Waals surface area (Å²) in [5, 5.41) is 7.14. The number of fused-ring (bicyclic) bond motifs is 2. The van der Waals surface area contributed by atoms with E-state index in [9.17, 15) is 4.79 Å². The van der Waals surface area contributed by atoms with E-state index < -0.39 is 0 Å². The highest BCUT2D eigenvalue weighted by Crippen LogP contribution is 2.39. The van der Waals surface area contributed by atoms with Crippen molar-refractivity contribution in [1.82, 2.24) is 15.5 Å². The van der Waals surface area contributed by atoms with E-state index in [1.165, 1.54) is 6.42 Å². The normalized spacial score (nSPS) is 29.2. The standard InChI is InChI=1S/C18H22N4O2/c19-13-8-11-4-3-5-12(9-13)17(11)21-18(23)16-10-15(22-24-16)14-6-1-2-7-20-14/h1-2,6-7,10-13,17H,3-5,8-9,19H2,(H,21,23). The van der Waals surface area contributed by atoms with Gasteiger partial charge in [0.15, 0.2) is 0 Å². The van der Waals surface area contributed by atoms with Crippen LogP contribution in [-0.4, -0.2) is 28.1 Å². The second-order valence-corrected chi connectivity index (χ2v) is 6.97. The zero-order valence-electron chi connectivity index (χ0n) is 13.5. The Morgan fingerprint density at radius 1 is 1.21 bits per heavy atom. The molecule has 24 heavy (non-hydrogen) atoms. The molecule has 2 aliphatic carbocycles. The number of carbonyl (C=O) groups excluding carboxylic acids is 1. The zero-order valence-corrected chi connectivity index (χ0v) is 13.5. The Hall–Kier alpha value is -2.21. The fourth-order valence-corrected chi connectivity index (χ4v) is 4.26. The van der Waals surface area contributed by atoms with Crippen LogP contribution in [0, 0.1) is 11.8 Å². The van der Waals surface area contributed by atoms with Gasteiger partial charge in [0.05, 0.1) is 5.69 Å². The molecule has 2 bridgehead atoms. The first-order valence-corrected chi connectivity index (χ1v) is 8.65. The maximum atomic E-state index is 12.6. The molecule has 2 saturated carbocycles. The molecule has 3 N–H and O–H groups in total. The van der Waals surface area contributed by atoms with Crippen molar-refractivity contribution >= 4 is 5.91 Å². The highest BCUT2D eigenvalue weighted by Gasteiger charge is 2.40. The highest BCUT2D eigenvalue weighted by atomic mass is 16.5. The van der Waals surface area contributed by atoms with Gasteiger partial charge in [0, 0.05) is 24.3 Å². The highest BCUT2D eigenvalue weighted by molar-refractivity contribution is 5.92. The van der Waals surface area contributed by atoms with Crippen LogP contribution in [0.1, 0.15) is 42.7 Å². The van der Waals surface area contributed by atoms with Crippen LogP contribution >= 0.6 is 0 Å². The molecule has 0 aliphatic heterocycles. The van der Waals surface area contributed by atoms with Gasteiger partial charge in [-0.15, -0.1) is 0 Å². The van der Waals surface area contributed by atoms with Gasteiger partial charge >= 0.3 is 0 Å². The summed E-state index contributed by atoms with van der Waals surface area (Å²) in [5.41, 5.74) is 7.42. The van der Waals surface area contributed by atoms with Crippen molar-refractivity contribution in [2.75, 3.05) is 0 Å². The molecule has 126 valence electrons. The fourth-order valence-electron chi connectivity index (χ4n) is 4.26. The quantitative estimate of drug-likeness (QED) is 0.903. The van der Waals surface area contributed by atoms with E-state index in [1.807, 2.05) is 18.2 Å². The Morgan fingerprint density at radius 3 is 2.71 bits per heavy atom. The van der Waals surface area contributed by atoms with Crippen LogP contribution in [0.4, 0.5) is 0 Å². The van der Waals surface area contributed by atoms with E-state index in [0.717, 1.165) is 25.7 Å². The number of rotatable bonds is 3. The Morgan fingerprint density at radius 2 is 2.00 bits per heavy atom. The molecule has 2 unspecified atom stereocenters. The first-order chi connectivity index (χ1) is 11.7. The summed E-state index contributed by atoms with van der Waals surface area (Å²) in [4.78, 5) is 16.8. The van der Waals surface area contributed by atoms with Gasteiger partial charge in [-0.2, -0.15) is 0 Å². The van der Waals surface area contributed by atoms with Gasteiger partial charge in [-0.05, 0) is 49.7 Å². The third kappa shape index (κ3) is 2.94. The Balaban J connectivity index is 1.48. The number of carbonyl (C=O) groups is 1. The summed E-state index contributed by atoms with van der Waals surface area (Å²) in [6.45, 7) is 0. The van der Waals surface area contributed by atoms with E-state index in [0.29, 0.717) is 23.2 Å². The summed E-state index contributed by atoms with van der Waals surface area (Å²) in [6.07, 6.45) is 7.21. The molecule has 2 fully saturated rings. The van der Waals surface area contributed by atoms with E-state index in [1.54, 1.807) is 12.3 Å². The van der Waals surface area contributed by atoms with Crippen molar-refractivity contribution in [2.45, 2.75) is 44.2 Å². The summed E-state index contributed by atoms with van der Waals surface area (Å²) in [5.74, 6) is 1.01. The molecule has 2 aliphatic rings. The molecule has 2 heterocycles. The molecule has 0 saturated heterocycles. The molecule has 0 radical (unpaired) electrons. The van der Waals surface area contributed by atoms with E-state index in [2.05, 4.69) is 15.5 Å². The molecule has 6 heteroatoms. The summed E-state index contributed by atoms with van der Waals surface area (Å²) < 4.78 is 5.24. The minimum absolute atomic E-state index is 0.193. The van der Waals surface area contributed by atoms with Crippen LogP contribution in [0.3, 0.4) is 0 Å². The van der Waals surface area contributed by atoms with Crippen molar-refractivity contribution in [3.8, 4) is 11.4 Å². The van der Waals surface area contributed by atoms with Gasteiger partial charge in [-0.1, -0.05) is 17.6 Å². The predicted molar refractivity (Wildman–Crippen MR) is 89.0 cm³/mol. The van der Waals surface area contributed by atoms with Gasteiger partial charge < -0.3 is 15.6 Å². The Bertz CT molecular complexity index is 701. The number of aromatic nitrogens is 2. The molecular formula is C18H22N4O2. The monoisotopic (exact) mass is 326 g/mol. The molecule has 0 aromatic carbocycles. The zero-order chi connectivity index (χ0) is 16.5. The van der Waals surface area contributed by atoms with Gasteiger partial charge in [-0.25, -0.2) is 0 Å². The van der Waals surface area contributed by atoms with Crippen molar-refractivity contribution in [3.63, 3.8) is 0 Å². The fraction of sp³-hybridized carbons (Fsp3) is 0.500. The van der Waals surface area contributed by atoms with E-state index in [4.69, 9.17) is 10.3 Å². The lowest BCUT2D eigenvalue weighted by Crippen LogP contribution is -2.53. The molecular weight excluding hydrogens is 304 g/mol. The third-order valence-electron chi connectivity index (χ3n) is 5.34. The van der Waals surface area contributed by atoms with Gasteiger partial charge in [0.25, 0.3) is 5.91 Å². The molecule has 0 spiro atoms. The molecule has 2 aromatic rings. The predicted octanol–water partition coefficient (Wildman–Crippen LogP) is 2.37. The second-order valence-electron chi connectivity index (χ2n) is 6.97. The molecule has 2 aromatic heterocycles. The van der Waals surface area contributed by atoms with Crippen molar-refractivity contribution in [1.29, 1.82) is 0 Å². The van der Waals surface area contributed by atoms with Crippen molar-refractivity contribution in [2.24, 2.45) is 17.6 Å². The number of hydrogen-bond acceptors (Lipinski definition) is 5. The number of nitrogens with two attached hydrogens (primary N) is 1. The van der Waals surface area contributed by atoms with Gasteiger partial charge in [0.1, 0.15) is 5.69 Å². The SMILES string of the molecule is NC1CC2CCCC(C1)C2NC(=O)c1cc(-c2ccccn2)no1. The van der Waals surface area contributed by atoms with Crippen molar-refractivity contribution in [3.05, 3.63) is 36.2 Å². The third-order valence-corrected chi connectivity index (χ3v) is 5.34. The summed E-state index contributed by atoms with van der Waals surface area (Å²) >= 11 is 0. The summed E-state index contributed by atoms with van der Waals surface area (Å²) in [6, 6.07) is 7.69. The molecule has 1 amide bonds. The maximum Gasteiger partial charge on any atom is 0.290 e. The number of hydrogen-bond donors (Lipinski definition) is 2. The lowest BCUT2D eigenvalue weighted by Gasteiger charge is -2.45. The van der Waals surface area contributed by atoms with Crippen LogP contribution in [0.5, 0.6) is 0 Å². The number of nitrogens with zero attached hydrogens (tertiary/aromatic N) is 2. The van der Waals surface area contributed by atoms with Crippen LogP contribution in [0.15, 0.2) is 35.0 Å². The number of pyridine rings is 1. The van der Waals surface area contributed by atoms with Gasteiger partial charge in [-0.3, -0.25) is 9.78 Å². The summed E-state index contributed by atoms with van der Waals surface area (Å²) in [7, 11) is 0. The second kappa shape index (κ2) is 6.36. The van der Waals surface area contributed by atoms with E-state index >= 15 is 0 Å². The van der Waals surface area contributed by atoms with E-state index in [-0.39, 0.29) is 23.8 Å². The first kappa shape index (κ1) is 15.3. The molecule has 4 rings (SSSR count). The van der Waals surface area contributed by atoms with Crippen LogP contribution in [0.25, 0.3) is 11.4 Å². The minimum atomic E-state index is -0.193. The van der Waals surface area contributed by atoms with Gasteiger partial charge in [0.2, 0.25) is 5.76 Å². The van der Waals surface area contributed by atoms with Crippen molar-refractivity contribution < 1.29 is 9.32 Å². The molecule has 6 nitrogen and oxygen atoms in total.